The highest BCUT2D eigenvalue weighted by Crippen LogP contribution is 2.27. The van der Waals surface area contributed by atoms with E-state index in [-0.39, 0.29) is 0 Å². The average molecular weight is 292 g/mol. The third kappa shape index (κ3) is 4.14. The second-order valence-corrected chi connectivity index (χ2v) is 12.6. The van der Waals surface area contributed by atoms with Crippen LogP contribution in [0.2, 0.25) is 19.1 Å². The first-order chi connectivity index (χ1) is 8.49. The molecule has 0 aromatic heterocycles. The third-order valence-electron chi connectivity index (χ3n) is 3.55. The maximum atomic E-state index is 5.94. The van der Waals surface area contributed by atoms with Gasteiger partial charge in [-0.1, -0.05) is 13.1 Å². The summed E-state index contributed by atoms with van der Waals surface area (Å²) in [5, 5.41) is 0. The van der Waals surface area contributed by atoms with Gasteiger partial charge in [0.05, 0.1) is 6.17 Å². The van der Waals surface area contributed by atoms with Crippen LogP contribution in [0, 0.1) is 0 Å². The molecular formula is C12H29NO3Si2. The van der Waals surface area contributed by atoms with Crippen molar-refractivity contribution in [2.24, 2.45) is 0 Å². The SMILES string of the molecule is CCO[Si](CN1CCC[Si]1(C)C)(OCC)OCC. The fourth-order valence-corrected chi connectivity index (χ4v) is 9.48. The van der Waals surface area contributed by atoms with Gasteiger partial charge in [-0.2, -0.15) is 0 Å². The van der Waals surface area contributed by atoms with Crippen LogP contribution >= 0.6 is 0 Å². The third-order valence-corrected chi connectivity index (χ3v) is 10.5. The summed E-state index contributed by atoms with van der Waals surface area (Å²) in [5.41, 5.74) is 0. The summed E-state index contributed by atoms with van der Waals surface area (Å²) in [5.74, 6) is 0. The van der Waals surface area contributed by atoms with E-state index in [0.29, 0.717) is 19.8 Å². The van der Waals surface area contributed by atoms with Crippen molar-refractivity contribution in [3.63, 3.8) is 0 Å². The van der Waals surface area contributed by atoms with Gasteiger partial charge in [0.1, 0.15) is 8.24 Å². The minimum absolute atomic E-state index is 0.669. The Morgan fingerprint density at radius 1 is 1.00 bits per heavy atom. The van der Waals surface area contributed by atoms with Gasteiger partial charge in [-0.3, -0.25) is 0 Å². The quantitative estimate of drug-likeness (QED) is 0.643. The van der Waals surface area contributed by atoms with Gasteiger partial charge in [0.2, 0.25) is 0 Å². The van der Waals surface area contributed by atoms with Gasteiger partial charge >= 0.3 is 8.80 Å². The van der Waals surface area contributed by atoms with Crippen molar-refractivity contribution in [1.29, 1.82) is 0 Å². The Kier molecular flexibility index (Phi) is 6.50. The van der Waals surface area contributed by atoms with E-state index in [9.17, 15) is 0 Å². The van der Waals surface area contributed by atoms with Crippen LogP contribution < -0.4 is 0 Å². The lowest BCUT2D eigenvalue weighted by molar-refractivity contribution is 0.0641. The van der Waals surface area contributed by atoms with Crippen LogP contribution in [-0.2, 0) is 13.3 Å². The lowest BCUT2D eigenvalue weighted by atomic mass is 10.5. The minimum atomic E-state index is -2.49. The van der Waals surface area contributed by atoms with E-state index in [2.05, 4.69) is 17.7 Å². The van der Waals surface area contributed by atoms with Gasteiger partial charge in [-0.15, -0.1) is 0 Å². The first-order valence-electron chi connectivity index (χ1n) is 7.16. The van der Waals surface area contributed by atoms with Crippen LogP contribution in [0.15, 0.2) is 0 Å². The Hall–Kier alpha value is 0.274. The van der Waals surface area contributed by atoms with Crippen LogP contribution in [0.5, 0.6) is 0 Å². The van der Waals surface area contributed by atoms with Crippen LogP contribution in [0.4, 0.5) is 0 Å². The van der Waals surface area contributed by atoms with Crippen molar-refractivity contribution >= 4 is 17.0 Å². The summed E-state index contributed by atoms with van der Waals surface area (Å²) in [6.45, 7) is 14.1. The van der Waals surface area contributed by atoms with E-state index in [1.54, 1.807) is 0 Å². The Labute approximate surface area is 114 Å². The van der Waals surface area contributed by atoms with Crippen molar-refractivity contribution in [3.8, 4) is 0 Å². The molecule has 0 aromatic carbocycles. The normalized spacial score (nSPS) is 20.5. The maximum Gasteiger partial charge on any atom is 0.515 e. The van der Waals surface area contributed by atoms with Crippen molar-refractivity contribution in [2.45, 2.75) is 46.3 Å². The molecular weight excluding hydrogens is 262 g/mol. The van der Waals surface area contributed by atoms with Gasteiger partial charge < -0.3 is 17.8 Å². The van der Waals surface area contributed by atoms with Crippen LogP contribution in [0.25, 0.3) is 0 Å². The molecule has 1 aliphatic rings. The Balaban J connectivity index is 2.75. The molecule has 0 saturated carbocycles. The standard InChI is InChI=1S/C12H29NO3Si2/c1-6-14-18(15-7-2,16-8-3)12-13-10-9-11-17(13,4)5/h6-12H2,1-5H3. The number of hydrogen-bond acceptors (Lipinski definition) is 4. The van der Waals surface area contributed by atoms with Crippen LogP contribution in [0.3, 0.4) is 0 Å². The first-order valence-corrected chi connectivity index (χ1v) is 12.2. The molecule has 4 nitrogen and oxygen atoms in total. The average Bonchev–Trinajstić information content (AvgIpc) is 2.59. The molecule has 1 rings (SSSR count). The monoisotopic (exact) mass is 291 g/mol. The second kappa shape index (κ2) is 7.16. The molecule has 0 bridgehead atoms. The van der Waals surface area contributed by atoms with E-state index < -0.39 is 17.0 Å². The maximum absolute atomic E-state index is 5.94. The zero-order chi connectivity index (χ0) is 13.6. The summed E-state index contributed by atoms with van der Waals surface area (Å²) >= 11 is 0. The van der Waals surface area contributed by atoms with Gasteiger partial charge in [0, 0.05) is 19.8 Å². The zero-order valence-corrected chi connectivity index (χ0v) is 14.6. The molecule has 108 valence electrons. The zero-order valence-electron chi connectivity index (χ0n) is 12.6. The van der Waals surface area contributed by atoms with E-state index in [0.717, 1.165) is 6.17 Å². The molecule has 1 heterocycles. The second-order valence-electron chi connectivity index (χ2n) is 5.32. The smallest absolute Gasteiger partial charge is 0.373 e. The minimum Gasteiger partial charge on any atom is -0.373 e. The Morgan fingerprint density at radius 2 is 1.50 bits per heavy atom. The van der Waals surface area contributed by atoms with Crippen LogP contribution in [0.1, 0.15) is 27.2 Å². The highest BCUT2D eigenvalue weighted by Gasteiger charge is 2.47. The highest BCUT2D eigenvalue weighted by atomic mass is 28.4. The molecule has 1 aliphatic heterocycles. The highest BCUT2D eigenvalue weighted by molar-refractivity contribution is 6.76. The number of nitrogens with zero attached hydrogens (tertiary/aromatic N) is 1. The Bertz CT molecular complexity index is 234. The molecule has 1 saturated heterocycles. The van der Waals surface area contributed by atoms with E-state index in [1.807, 2.05) is 20.8 Å². The molecule has 0 aliphatic carbocycles. The predicted octanol–water partition coefficient (Wildman–Crippen LogP) is 2.48. The lowest BCUT2D eigenvalue weighted by Crippen LogP contribution is -2.59. The van der Waals surface area contributed by atoms with Crippen LogP contribution in [-0.4, -0.2) is 54.1 Å². The van der Waals surface area contributed by atoms with E-state index >= 15 is 0 Å². The summed E-state index contributed by atoms with van der Waals surface area (Å²) in [7, 11) is -3.73. The molecule has 0 unspecified atom stereocenters. The van der Waals surface area contributed by atoms with Crippen molar-refractivity contribution in [3.05, 3.63) is 0 Å². The molecule has 6 heteroatoms. The van der Waals surface area contributed by atoms with Crippen molar-refractivity contribution < 1.29 is 13.3 Å². The molecule has 0 amide bonds. The Morgan fingerprint density at radius 3 is 1.83 bits per heavy atom. The van der Waals surface area contributed by atoms with Gasteiger partial charge in [0.15, 0.2) is 0 Å². The van der Waals surface area contributed by atoms with Gasteiger partial charge in [0.25, 0.3) is 0 Å². The predicted molar refractivity (Wildman–Crippen MR) is 79.1 cm³/mol. The molecule has 0 radical (unpaired) electrons. The number of hydrogen-bond donors (Lipinski definition) is 0. The fraction of sp³-hybridized carbons (Fsp3) is 1.00. The summed E-state index contributed by atoms with van der Waals surface area (Å²) in [6.07, 6.45) is 2.19. The summed E-state index contributed by atoms with van der Waals surface area (Å²) in [6, 6.07) is 1.38. The molecule has 0 atom stereocenters. The lowest BCUT2D eigenvalue weighted by Gasteiger charge is -2.37. The molecule has 18 heavy (non-hydrogen) atoms. The molecule has 0 spiro atoms. The van der Waals surface area contributed by atoms with Gasteiger partial charge in [-0.05, 0) is 39.8 Å². The van der Waals surface area contributed by atoms with Crippen molar-refractivity contribution in [1.82, 2.24) is 4.57 Å². The number of rotatable bonds is 8. The topological polar surface area (TPSA) is 30.9 Å². The summed E-state index contributed by atoms with van der Waals surface area (Å²) in [4.78, 5) is 0. The van der Waals surface area contributed by atoms with Gasteiger partial charge in [-0.25, -0.2) is 0 Å². The molecule has 0 aromatic rings. The summed E-state index contributed by atoms with van der Waals surface area (Å²) < 4.78 is 20.4. The molecule has 1 fully saturated rings. The van der Waals surface area contributed by atoms with E-state index in [1.165, 1.54) is 19.0 Å². The molecule has 0 N–H and O–H groups in total. The van der Waals surface area contributed by atoms with E-state index in [4.69, 9.17) is 13.3 Å². The first kappa shape index (κ1) is 16.3. The van der Waals surface area contributed by atoms with Crippen molar-refractivity contribution in [2.75, 3.05) is 32.5 Å². The fourth-order valence-electron chi connectivity index (χ4n) is 2.61. The largest absolute Gasteiger partial charge is 0.515 e.